The zero-order valence-corrected chi connectivity index (χ0v) is 14.6. The lowest BCUT2D eigenvalue weighted by Gasteiger charge is -2.22. The van der Waals surface area contributed by atoms with E-state index in [2.05, 4.69) is 10.5 Å². The molecule has 24 heavy (non-hydrogen) atoms. The first-order valence-corrected chi connectivity index (χ1v) is 8.81. The van der Waals surface area contributed by atoms with Gasteiger partial charge in [-0.25, -0.2) is 0 Å². The van der Waals surface area contributed by atoms with Gasteiger partial charge < -0.3 is 14.7 Å². The highest BCUT2D eigenvalue weighted by Gasteiger charge is 2.36. The van der Waals surface area contributed by atoms with Crippen LogP contribution in [-0.4, -0.2) is 39.5 Å². The third-order valence-electron chi connectivity index (χ3n) is 3.92. The molecule has 1 fully saturated rings. The number of aromatic nitrogens is 1. The van der Waals surface area contributed by atoms with E-state index in [1.165, 1.54) is 4.90 Å². The fourth-order valence-electron chi connectivity index (χ4n) is 2.64. The van der Waals surface area contributed by atoms with Crippen LogP contribution < -0.4 is 5.32 Å². The van der Waals surface area contributed by atoms with Gasteiger partial charge in [-0.05, 0) is 32.4 Å². The second kappa shape index (κ2) is 6.68. The molecule has 7 heteroatoms. The Morgan fingerprint density at radius 3 is 2.75 bits per heavy atom. The molecular formula is C17H19N3O3S. The number of benzene rings is 1. The van der Waals surface area contributed by atoms with Gasteiger partial charge in [0.05, 0.1) is 11.6 Å². The number of hydrogen-bond acceptors (Lipinski definition) is 5. The average molecular weight is 345 g/mol. The van der Waals surface area contributed by atoms with Crippen LogP contribution >= 0.6 is 11.8 Å². The molecule has 0 radical (unpaired) electrons. The fourth-order valence-corrected chi connectivity index (χ4v) is 3.79. The molecule has 0 bridgehead atoms. The first kappa shape index (κ1) is 16.6. The van der Waals surface area contributed by atoms with E-state index in [1.807, 2.05) is 32.0 Å². The molecular weight excluding hydrogens is 326 g/mol. The number of aryl methyl sites for hydroxylation is 3. The van der Waals surface area contributed by atoms with E-state index in [-0.39, 0.29) is 17.6 Å². The maximum Gasteiger partial charge on any atom is 0.293 e. The van der Waals surface area contributed by atoms with Gasteiger partial charge in [-0.1, -0.05) is 22.9 Å². The molecule has 2 aromatic rings. The summed E-state index contributed by atoms with van der Waals surface area (Å²) >= 11 is 1.55. The Morgan fingerprint density at radius 1 is 1.29 bits per heavy atom. The highest BCUT2D eigenvalue weighted by Crippen LogP contribution is 2.25. The van der Waals surface area contributed by atoms with E-state index in [9.17, 15) is 9.59 Å². The summed E-state index contributed by atoms with van der Waals surface area (Å²) in [5, 5.41) is 6.67. The van der Waals surface area contributed by atoms with Gasteiger partial charge in [0.15, 0.2) is 0 Å². The van der Waals surface area contributed by atoms with Gasteiger partial charge in [-0.2, -0.15) is 0 Å². The molecule has 126 valence electrons. The Kier molecular flexibility index (Phi) is 4.62. The minimum Gasteiger partial charge on any atom is -0.351 e. The maximum atomic E-state index is 12.6. The number of rotatable bonds is 3. The van der Waals surface area contributed by atoms with Crippen molar-refractivity contribution in [2.75, 3.05) is 16.9 Å². The largest absolute Gasteiger partial charge is 0.351 e. The van der Waals surface area contributed by atoms with Gasteiger partial charge in [0, 0.05) is 17.5 Å². The number of carbonyl (C=O) groups excluding carboxylic acids is 2. The van der Waals surface area contributed by atoms with Crippen molar-refractivity contribution in [1.82, 2.24) is 10.1 Å². The van der Waals surface area contributed by atoms with Crippen LogP contribution in [0.1, 0.15) is 27.4 Å². The van der Waals surface area contributed by atoms with E-state index in [0.717, 1.165) is 16.8 Å². The molecule has 1 atom stereocenters. The highest BCUT2D eigenvalue weighted by atomic mass is 32.2. The van der Waals surface area contributed by atoms with Gasteiger partial charge in [0.2, 0.25) is 11.7 Å². The van der Waals surface area contributed by atoms with Crippen LogP contribution in [0, 0.1) is 20.8 Å². The predicted molar refractivity (Wildman–Crippen MR) is 93.1 cm³/mol. The normalized spacial score (nSPS) is 17.1. The number of thioether (sulfide) groups is 1. The molecule has 1 saturated heterocycles. The lowest BCUT2D eigenvalue weighted by atomic mass is 10.1. The first-order valence-electron chi connectivity index (χ1n) is 7.66. The molecule has 0 unspecified atom stereocenters. The molecule has 3 rings (SSSR count). The Balaban J connectivity index is 1.75. The number of carbonyl (C=O) groups is 2. The zero-order valence-electron chi connectivity index (χ0n) is 13.8. The Hall–Kier alpha value is -2.28. The smallest absolute Gasteiger partial charge is 0.293 e. The van der Waals surface area contributed by atoms with Gasteiger partial charge >= 0.3 is 0 Å². The van der Waals surface area contributed by atoms with Crippen LogP contribution in [-0.2, 0) is 4.79 Å². The van der Waals surface area contributed by atoms with Crippen LogP contribution in [0.15, 0.2) is 28.8 Å². The van der Waals surface area contributed by atoms with Crippen molar-refractivity contribution >= 4 is 29.3 Å². The summed E-state index contributed by atoms with van der Waals surface area (Å²) in [4.78, 5) is 26.7. The third kappa shape index (κ3) is 3.31. The average Bonchev–Trinajstić information content (AvgIpc) is 3.18. The molecule has 1 N–H and O–H groups in total. The molecule has 1 aromatic heterocycles. The summed E-state index contributed by atoms with van der Waals surface area (Å²) in [7, 11) is 0. The van der Waals surface area contributed by atoms with E-state index < -0.39 is 6.04 Å². The van der Waals surface area contributed by atoms with Crippen molar-refractivity contribution in [2.45, 2.75) is 26.8 Å². The Morgan fingerprint density at radius 2 is 2.08 bits per heavy atom. The van der Waals surface area contributed by atoms with Gasteiger partial charge in [0.25, 0.3) is 5.91 Å². The van der Waals surface area contributed by atoms with Crippen molar-refractivity contribution < 1.29 is 14.1 Å². The van der Waals surface area contributed by atoms with E-state index in [1.54, 1.807) is 24.8 Å². The van der Waals surface area contributed by atoms with Crippen LogP contribution in [0.3, 0.4) is 0 Å². The third-order valence-corrected chi connectivity index (χ3v) is 4.94. The number of nitrogens with one attached hydrogen (secondary N) is 1. The van der Waals surface area contributed by atoms with Crippen molar-refractivity contribution in [3.8, 4) is 0 Å². The lowest BCUT2D eigenvalue weighted by molar-refractivity contribution is -0.119. The van der Waals surface area contributed by atoms with Crippen LogP contribution in [0.5, 0.6) is 0 Å². The second-order valence-electron chi connectivity index (χ2n) is 5.93. The summed E-state index contributed by atoms with van der Waals surface area (Å²) in [5.41, 5.74) is 3.55. The molecule has 1 aliphatic heterocycles. The van der Waals surface area contributed by atoms with Gasteiger partial charge in [0.1, 0.15) is 6.04 Å². The molecule has 1 aromatic carbocycles. The molecule has 0 spiro atoms. The Bertz CT molecular complexity index is 787. The molecule has 0 saturated carbocycles. The Labute approximate surface area is 144 Å². The van der Waals surface area contributed by atoms with Gasteiger partial charge in [-0.15, -0.1) is 11.8 Å². The van der Waals surface area contributed by atoms with E-state index in [0.29, 0.717) is 17.3 Å². The standard InChI is InChI=1S/C17H19N3O3S/c1-10-4-5-13(11(2)6-10)18-16(21)14-8-24-9-20(14)17(22)15-7-12(3)19-23-15/h4-7,14H,8-9H2,1-3H3,(H,18,21)/t14-/m1/s1. The van der Waals surface area contributed by atoms with Crippen molar-refractivity contribution in [3.63, 3.8) is 0 Å². The van der Waals surface area contributed by atoms with Crippen LogP contribution in [0.4, 0.5) is 5.69 Å². The topological polar surface area (TPSA) is 75.4 Å². The van der Waals surface area contributed by atoms with E-state index >= 15 is 0 Å². The quantitative estimate of drug-likeness (QED) is 0.926. The SMILES string of the molecule is Cc1ccc(NC(=O)[C@H]2CSCN2C(=O)c2cc(C)no2)c(C)c1. The van der Waals surface area contributed by atoms with Crippen LogP contribution in [0.25, 0.3) is 0 Å². The van der Waals surface area contributed by atoms with E-state index in [4.69, 9.17) is 4.52 Å². The fraction of sp³-hybridized carbons (Fsp3) is 0.353. The zero-order chi connectivity index (χ0) is 17.3. The molecule has 2 heterocycles. The second-order valence-corrected chi connectivity index (χ2v) is 6.93. The summed E-state index contributed by atoms with van der Waals surface area (Å²) in [6.07, 6.45) is 0. The highest BCUT2D eigenvalue weighted by molar-refractivity contribution is 7.99. The molecule has 1 aliphatic rings. The summed E-state index contributed by atoms with van der Waals surface area (Å²) in [6.45, 7) is 5.71. The predicted octanol–water partition coefficient (Wildman–Crippen LogP) is 2.75. The minimum absolute atomic E-state index is 0.166. The maximum absolute atomic E-state index is 12.6. The number of hydrogen-bond donors (Lipinski definition) is 1. The van der Waals surface area contributed by atoms with Crippen molar-refractivity contribution in [1.29, 1.82) is 0 Å². The molecule has 2 amide bonds. The first-order chi connectivity index (χ1) is 11.5. The number of amides is 2. The number of nitrogens with zero attached hydrogens (tertiary/aromatic N) is 2. The van der Waals surface area contributed by atoms with Crippen molar-refractivity contribution in [3.05, 3.63) is 46.8 Å². The molecule has 0 aliphatic carbocycles. The summed E-state index contributed by atoms with van der Waals surface area (Å²) in [6, 6.07) is 6.92. The van der Waals surface area contributed by atoms with Gasteiger partial charge in [-0.3, -0.25) is 9.59 Å². The summed E-state index contributed by atoms with van der Waals surface area (Å²) < 4.78 is 5.03. The number of anilines is 1. The minimum atomic E-state index is -0.520. The van der Waals surface area contributed by atoms with Crippen molar-refractivity contribution in [2.24, 2.45) is 0 Å². The molecule has 6 nitrogen and oxygen atoms in total. The lowest BCUT2D eigenvalue weighted by Crippen LogP contribution is -2.44. The monoisotopic (exact) mass is 345 g/mol. The summed E-state index contributed by atoms with van der Waals surface area (Å²) in [5.74, 6) is 0.705. The van der Waals surface area contributed by atoms with Crippen LogP contribution in [0.2, 0.25) is 0 Å².